The van der Waals surface area contributed by atoms with Crippen molar-refractivity contribution in [3.8, 4) is 17.2 Å². The number of amides is 1. The number of aryl methyl sites for hydroxylation is 1. The molecule has 4 rings (SSSR count). The molecule has 10 heteroatoms. The molecular weight excluding hydrogens is 390 g/mol. The number of anilines is 1. The van der Waals surface area contributed by atoms with Gasteiger partial charge >= 0.3 is 6.29 Å². The molecule has 0 spiro atoms. The van der Waals surface area contributed by atoms with Crippen LogP contribution in [0.5, 0.6) is 11.5 Å². The molecule has 2 aromatic carbocycles. The molecule has 7 nitrogen and oxygen atoms in total. The second kappa shape index (κ2) is 7.12. The van der Waals surface area contributed by atoms with Crippen LogP contribution in [0.1, 0.15) is 5.56 Å². The third-order valence-electron chi connectivity index (χ3n) is 3.91. The zero-order chi connectivity index (χ0) is 19.7. The maximum absolute atomic E-state index is 13.1. The van der Waals surface area contributed by atoms with Crippen LogP contribution in [-0.2, 0) is 4.79 Å². The molecule has 0 saturated carbocycles. The van der Waals surface area contributed by atoms with Crippen molar-refractivity contribution in [2.24, 2.45) is 0 Å². The molecular formula is C18H14F2N4O3S. The Morgan fingerprint density at radius 2 is 2.00 bits per heavy atom. The van der Waals surface area contributed by atoms with Gasteiger partial charge in [-0.1, -0.05) is 30.0 Å². The minimum atomic E-state index is -3.69. The van der Waals surface area contributed by atoms with E-state index in [-0.39, 0.29) is 23.2 Å². The number of thioether (sulfide) groups is 1. The summed E-state index contributed by atoms with van der Waals surface area (Å²) in [6.45, 7) is 1.97. The van der Waals surface area contributed by atoms with E-state index >= 15 is 0 Å². The highest BCUT2D eigenvalue weighted by atomic mass is 32.2. The van der Waals surface area contributed by atoms with E-state index in [1.807, 2.05) is 31.2 Å². The molecule has 144 valence electrons. The average molecular weight is 404 g/mol. The SMILES string of the molecule is Cc1ccccc1-n1cnnc1SCC(=O)Nc1ccc2c(c1)OC(F)(F)O2. The molecule has 0 saturated heterocycles. The first-order valence-corrected chi connectivity index (χ1v) is 9.18. The first kappa shape index (κ1) is 18.2. The topological polar surface area (TPSA) is 78.3 Å². The standard InChI is InChI=1S/C18H14F2N4O3S/c1-11-4-2-3-5-13(11)24-10-21-23-17(24)28-9-16(25)22-12-6-7-14-15(8-12)27-18(19,20)26-14/h2-8,10H,9H2,1H3,(H,22,25). The first-order valence-electron chi connectivity index (χ1n) is 8.20. The maximum Gasteiger partial charge on any atom is 0.586 e. The summed E-state index contributed by atoms with van der Waals surface area (Å²) in [7, 11) is 0. The van der Waals surface area contributed by atoms with Crippen molar-refractivity contribution in [2.75, 3.05) is 11.1 Å². The van der Waals surface area contributed by atoms with Gasteiger partial charge in [0.1, 0.15) is 6.33 Å². The van der Waals surface area contributed by atoms with E-state index in [1.54, 1.807) is 10.9 Å². The Labute approximate surface area is 162 Å². The fourth-order valence-corrected chi connectivity index (χ4v) is 3.40. The van der Waals surface area contributed by atoms with Crippen molar-refractivity contribution in [3.63, 3.8) is 0 Å². The molecule has 3 aromatic rings. The van der Waals surface area contributed by atoms with Gasteiger partial charge < -0.3 is 14.8 Å². The quantitative estimate of drug-likeness (QED) is 0.655. The summed E-state index contributed by atoms with van der Waals surface area (Å²) in [5, 5.41) is 11.2. The Balaban J connectivity index is 1.40. The Bertz CT molecular complexity index is 1040. The molecule has 1 amide bonds. The summed E-state index contributed by atoms with van der Waals surface area (Å²) in [6, 6.07) is 11.8. The van der Waals surface area contributed by atoms with E-state index in [9.17, 15) is 13.6 Å². The van der Waals surface area contributed by atoms with Gasteiger partial charge in [-0.2, -0.15) is 0 Å². The van der Waals surface area contributed by atoms with Gasteiger partial charge in [0.05, 0.1) is 11.4 Å². The lowest BCUT2D eigenvalue weighted by atomic mass is 10.2. The fourth-order valence-electron chi connectivity index (χ4n) is 2.68. The van der Waals surface area contributed by atoms with E-state index in [2.05, 4.69) is 25.0 Å². The lowest BCUT2D eigenvalue weighted by molar-refractivity contribution is -0.286. The van der Waals surface area contributed by atoms with Gasteiger partial charge in [0.15, 0.2) is 16.7 Å². The van der Waals surface area contributed by atoms with E-state index in [0.717, 1.165) is 11.3 Å². The van der Waals surface area contributed by atoms with Crippen LogP contribution in [-0.4, -0.2) is 32.7 Å². The third kappa shape index (κ3) is 3.77. The number of ether oxygens (including phenoxy) is 2. The van der Waals surface area contributed by atoms with Crippen molar-refractivity contribution in [3.05, 3.63) is 54.4 Å². The summed E-state index contributed by atoms with van der Waals surface area (Å²) < 4.78 is 36.6. The van der Waals surface area contributed by atoms with Crippen LogP contribution in [0.3, 0.4) is 0 Å². The molecule has 0 aliphatic carbocycles. The second-order valence-electron chi connectivity index (χ2n) is 5.94. The predicted octanol–water partition coefficient (Wildman–Crippen LogP) is 3.63. The number of carbonyl (C=O) groups excluding carboxylic acids is 1. The van der Waals surface area contributed by atoms with Gasteiger partial charge in [0.2, 0.25) is 5.91 Å². The van der Waals surface area contributed by atoms with Gasteiger partial charge in [-0.3, -0.25) is 9.36 Å². The number of nitrogens with one attached hydrogen (secondary N) is 1. The highest BCUT2D eigenvalue weighted by Gasteiger charge is 2.43. The van der Waals surface area contributed by atoms with Crippen LogP contribution in [0.4, 0.5) is 14.5 Å². The van der Waals surface area contributed by atoms with Crippen LogP contribution < -0.4 is 14.8 Å². The van der Waals surface area contributed by atoms with Crippen molar-refractivity contribution >= 4 is 23.4 Å². The van der Waals surface area contributed by atoms with Crippen molar-refractivity contribution in [1.82, 2.24) is 14.8 Å². The Morgan fingerprint density at radius 1 is 1.21 bits per heavy atom. The number of para-hydroxylation sites is 1. The molecule has 2 heterocycles. The number of halogens is 2. The Hall–Kier alpha value is -3.14. The fraction of sp³-hybridized carbons (Fsp3) is 0.167. The number of benzene rings is 2. The van der Waals surface area contributed by atoms with Gasteiger partial charge in [-0.05, 0) is 30.7 Å². The number of alkyl halides is 2. The summed E-state index contributed by atoms with van der Waals surface area (Å²) in [5.41, 5.74) is 2.30. The van der Waals surface area contributed by atoms with Crippen LogP contribution in [0.2, 0.25) is 0 Å². The minimum Gasteiger partial charge on any atom is -0.395 e. The number of hydrogen-bond donors (Lipinski definition) is 1. The zero-order valence-electron chi connectivity index (χ0n) is 14.6. The molecule has 1 aliphatic rings. The van der Waals surface area contributed by atoms with E-state index in [4.69, 9.17) is 0 Å². The number of hydrogen-bond acceptors (Lipinski definition) is 6. The normalized spacial score (nSPS) is 14.1. The van der Waals surface area contributed by atoms with Crippen LogP contribution in [0.25, 0.3) is 5.69 Å². The van der Waals surface area contributed by atoms with Crippen molar-refractivity contribution in [2.45, 2.75) is 18.4 Å². The van der Waals surface area contributed by atoms with E-state index in [1.165, 1.54) is 30.0 Å². The summed E-state index contributed by atoms with van der Waals surface area (Å²) in [4.78, 5) is 12.2. The van der Waals surface area contributed by atoms with Crippen LogP contribution in [0.15, 0.2) is 53.9 Å². The molecule has 1 aromatic heterocycles. The predicted molar refractivity (Wildman–Crippen MR) is 98.1 cm³/mol. The largest absolute Gasteiger partial charge is 0.586 e. The maximum atomic E-state index is 13.1. The van der Waals surface area contributed by atoms with Gasteiger partial charge in [0, 0.05) is 11.8 Å². The van der Waals surface area contributed by atoms with Gasteiger partial charge in [0.25, 0.3) is 0 Å². The molecule has 1 N–H and O–H groups in total. The highest BCUT2D eigenvalue weighted by molar-refractivity contribution is 7.99. The minimum absolute atomic E-state index is 0.0647. The third-order valence-corrected chi connectivity index (χ3v) is 4.85. The van der Waals surface area contributed by atoms with Crippen LogP contribution in [0, 0.1) is 6.92 Å². The zero-order valence-corrected chi connectivity index (χ0v) is 15.4. The van der Waals surface area contributed by atoms with E-state index in [0.29, 0.717) is 10.8 Å². The number of rotatable bonds is 5. The summed E-state index contributed by atoms with van der Waals surface area (Å²) in [6.07, 6.45) is -2.11. The van der Waals surface area contributed by atoms with Crippen molar-refractivity contribution in [1.29, 1.82) is 0 Å². The summed E-state index contributed by atoms with van der Waals surface area (Å²) in [5.74, 6) is -0.469. The average Bonchev–Trinajstić information content (AvgIpc) is 3.22. The Kier molecular flexibility index (Phi) is 4.63. The molecule has 0 radical (unpaired) electrons. The summed E-state index contributed by atoms with van der Waals surface area (Å²) >= 11 is 1.21. The number of aromatic nitrogens is 3. The molecule has 1 aliphatic heterocycles. The molecule has 0 unspecified atom stereocenters. The second-order valence-corrected chi connectivity index (χ2v) is 6.88. The molecule has 0 fully saturated rings. The van der Waals surface area contributed by atoms with Gasteiger partial charge in [-0.25, -0.2) is 0 Å². The number of nitrogens with zero attached hydrogens (tertiary/aromatic N) is 3. The smallest absolute Gasteiger partial charge is 0.395 e. The molecule has 0 atom stereocenters. The van der Waals surface area contributed by atoms with E-state index < -0.39 is 6.29 Å². The number of carbonyl (C=O) groups is 1. The lowest BCUT2D eigenvalue weighted by Crippen LogP contribution is -2.25. The first-order chi connectivity index (χ1) is 13.4. The molecule has 0 bridgehead atoms. The monoisotopic (exact) mass is 404 g/mol. The number of fused-ring (bicyclic) bond motifs is 1. The highest BCUT2D eigenvalue weighted by Crippen LogP contribution is 2.42. The Morgan fingerprint density at radius 3 is 2.82 bits per heavy atom. The molecule has 28 heavy (non-hydrogen) atoms. The lowest BCUT2D eigenvalue weighted by Gasteiger charge is -2.09. The van der Waals surface area contributed by atoms with Crippen molar-refractivity contribution < 1.29 is 23.0 Å². The van der Waals surface area contributed by atoms with Crippen LogP contribution >= 0.6 is 11.8 Å². The van der Waals surface area contributed by atoms with Gasteiger partial charge in [-0.15, -0.1) is 19.0 Å².